The number of piperidine rings is 1. The van der Waals surface area contributed by atoms with Crippen molar-refractivity contribution in [3.63, 3.8) is 0 Å². The van der Waals surface area contributed by atoms with Gasteiger partial charge in [0, 0.05) is 36.5 Å². The van der Waals surface area contributed by atoms with Crippen LogP contribution in [0.1, 0.15) is 18.9 Å². The topological polar surface area (TPSA) is 110 Å². The molecule has 0 bridgehead atoms. The van der Waals surface area contributed by atoms with Crippen molar-refractivity contribution >= 4 is 40.0 Å². The van der Waals surface area contributed by atoms with E-state index in [1.165, 1.54) is 0 Å². The van der Waals surface area contributed by atoms with Gasteiger partial charge in [0.1, 0.15) is 0 Å². The molecule has 27 heavy (non-hydrogen) atoms. The number of benzene rings is 1. The molecule has 0 saturated carbocycles. The number of aromatic amines is 1. The SMILES string of the molecule is Nc1nnc2c(N3CCC(n4c(=O)[nH]c5cc(Cl)ccc54)CC3)nccn12. The Morgan fingerprint density at radius 1 is 1.22 bits per heavy atom. The van der Waals surface area contributed by atoms with Crippen molar-refractivity contribution in [2.45, 2.75) is 18.9 Å². The molecule has 0 unspecified atom stereocenters. The summed E-state index contributed by atoms with van der Waals surface area (Å²) in [7, 11) is 0. The van der Waals surface area contributed by atoms with Crippen molar-refractivity contribution < 1.29 is 0 Å². The molecule has 10 heteroatoms. The van der Waals surface area contributed by atoms with Gasteiger partial charge in [0.15, 0.2) is 5.82 Å². The van der Waals surface area contributed by atoms with Crippen LogP contribution < -0.4 is 16.3 Å². The van der Waals surface area contributed by atoms with E-state index in [2.05, 4.69) is 25.1 Å². The van der Waals surface area contributed by atoms with E-state index in [0.29, 0.717) is 16.6 Å². The van der Waals surface area contributed by atoms with E-state index in [1.807, 2.05) is 16.7 Å². The molecule has 4 aromatic rings. The second kappa shape index (κ2) is 5.98. The van der Waals surface area contributed by atoms with Crippen LogP contribution in [0.2, 0.25) is 5.02 Å². The van der Waals surface area contributed by atoms with Crippen LogP contribution in [0.15, 0.2) is 35.4 Å². The van der Waals surface area contributed by atoms with Crippen molar-refractivity contribution in [3.05, 3.63) is 46.1 Å². The maximum absolute atomic E-state index is 12.5. The number of anilines is 2. The Balaban J connectivity index is 1.44. The first-order valence-electron chi connectivity index (χ1n) is 8.72. The zero-order chi connectivity index (χ0) is 18.5. The minimum Gasteiger partial charge on any atom is -0.368 e. The number of imidazole rings is 1. The molecule has 1 saturated heterocycles. The lowest BCUT2D eigenvalue weighted by Gasteiger charge is -2.33. The van der Waals surface area contributed by atoms with Gasteiger partial charge in [0.25, 0.3) is 0 Å². The number of nitrogen functional groups attached to an aromatic ring is 1. The number of hydrogen-bond donors (Lipinski definition) is 2. The summed E-state index contributed by atoms with van der Waals surface area (Å²) in [6, 6.07) is 5.60. The second-order valence-electron chi connectivity index (χ2n) is 6.68. The fraction of sp³-hybridized carbons (Fsp3) is 0.294. The molecule has 0 spiro atoms. The number of H-pyrrole nitrogens is 1. The van der Waals surface area contributed by atoms with Gasteiger partial charge in [-0.1, -0.05) is 11.6 Å². The van der Waals surface area contributed by atoms with Gasteiger partial charge in [-0.3, -0.25) is 8.97 Å². The molecule has 0 amide bonds. The third kappa shape index (κ3) is 2.54. The van der Waals surface area contributed by atoms with Gasteiger partial charge in [-0.15, -0.1) is 10.2 Å². The van der Waals surface area contributed by atoms with E-state index in [-0.39, 0.29) is 11.7 Å². The Kier molecular flexibility index (Phi) is 3.57. The Bertz CT molecular complexity index is 1200. The lowest BCUT2D eigenvalue weighted by Crippen LogP contribution is -2.37. The number of fused-ring (bicyclic) bond motifs is 2. The van der Waals surface area contributed by atoms with E-state index in [1.54, 1.807) is 22.9 Å². The number of hydrogen-bond acceptors (Lipinski definition) is 6. The predicted octanol–water partition coefficient (Wildman–Crippen LogP) is 1.84. The van der Waals surface area contributed by atoms with Crippen molar-refractivity contribution in [3.8, 4) is 0 Å². The molecule has 5 rings (SSSR count). The van der Waals surface area contributed by atoms with Crippen LogP contribution >= 0.6 is 11.6 Å². The van der Waals surface area contributed by atoms with Crippen molar-refractivity contribution in [2.24, 2.45) is 0 Å². The first-order chi connectivity index (χ1) is 13.1. The van der Waals surface area contributed by atoms with Crippen molar-refractivity contribution in [1.29, 1.82) is 0 Å². The maximum atomic E-state index is 12.5. The molecule has 1 fully saturated rings. The summed E-state index contributed by atoms with van der Waals surface area (Å²) >= 11 is 6.04. The van der Waals surface area contributed by atoms with Gasteiger partial charge in [-0.25, -0.2) is 9.78 Å². The van der Waals surface area contributed by atoms with Gasteiger partial charge in [-0.2, -0.15) is 0 Å². The molecule has 0 radical (unpaired) electrons. The van der Waals surface area contributed by atoms with Crippen LogP contribution in [0.5, 0.6) is 0 Å². The molecule has 0 atom stereocenters. The Morgan fingerprint density at radius 2 is 2.04 bits per heavy atom. The van der Waals surface area contributed by atoms with Crippen LogP contribution in [0.4, 0.5) is 11.8 Å². The third-order valence-electron chi connectivity index (χ3n) is 5.14. The van der Waals surface area contributed by atoms with Gasteiger partial charge in [0.05, 0.1) is 11.0 Å². The number of halogens is 1. The number of nitrogens with zero attached hydrogens (tertiary/aromatic N) is 6. The lowest BCUT2D eigenvalue weighted by molar-refractivity contribution is 0.395. The molecule has 1 aliphatic heterocycles. The van der Waals surface area contributed by atoms with E-state index in [9.17, 15) is 4.79 Å². The second-order valence-corrected chi connectivity index (χ2v) is 7.12. The highest BCUT2D eigenvalue weighted by Gasteiger charge is 2.26. The van der Waals surface area contributed by atoms with Gasteiger partial charge >= 0.3 is 5.69 Å². The average molecular weight is 385 g/mol. The van der Waals surface area contributed by atoms with Crippen LogP contribution in [-0.4, -0.2) is 42.2 Å². The van der Waals surface area contributed by atoms with Crippen LogP contribution in [0.25, 0.3) is 16.7 Å². The maximum Gasteiger partial charge on any atom is 0.326 e. The minimum atomic E-state index is -0.101. The standard InChI is InChI=1S/C17H17ClN8O/c18-10-1-2-13-12(9-10)21-17(27)26(13)11-3-6-24(7-4-11)14-15-22-23-16(19)25(15)8-5-20-14/h1-2,5,8-9,11H,3-4,6-7H2,(H2,19,23)(H,21,27). The predicted molar refractivity (Wildman–Crippen MR) is 103 cm³/mol. The summed E-state index contributed by atoms with van der Waals surface area (Å²) in [5, 5.41) is 8.67. The summed E-state index contributed by atoms with van der Waals surface area (Å²) in [5.74, 6) is 1.10. The highest BCUT2D eigenvalue weighted by Crippen LogP contribution is 2.29. The average Bonchev–Trinajstić information content (AvgIpc) is 3.21. The highest BCUT2D eigenvalue weighted by atomic mass is 35.5. The first kappa shape index (κ1) is 16.1. The molecular weight excluding hydrogens is 368 g/mol. The molecule has 1 aliphatic rings. The largest absolute Gasteiger partial charge is 0.368 e. The van der Waals surface area contributed by atoms with Crippen molar-refractivity contribution in [1.82, 2.24) is 29.1 Å². The third-order valence-corrected chi connectivity index (χ3v) is 5.38. The Labute approximate surface area is 158 Å². The number of nitrogens with one attached hydrogen (secondary N) is 1. The van der Waals surface area contributed by atoms with Crippen LogP contribution in [0, 0.1) is 0 Å². The monoisotopic (exact) mass is 384 g/mol. The summed E-state index contributed by atoms with van der Waals surface area (Å²) in [6.45, 7) is 1.52. The molecule has 138 valence electrons. The first-order valence-corrected chi connectivity index (χ1v) is 9.09. The highest BCUT2D eigenvalue weighted by molar-refractivity contribution is 6.31. The van der Waals surface area contributed by atoms with Crippen molar-refractivity contribution in [2.75, 3.05) is 23.7 Å². The van der Waals surface area contributed by atoms with Crippen LogP contribution in [0.3, 0.4) is 0 Å². The summed E-state index contributed by atoms with van der Waals surface area (Å²) < 4.78 is 3.56. The molecule has 1 aromatic carbocycles. The Morgan fingerprint density at radius 3 is 2.85 bits per heavy atom. The molecule has 0 aliphatic carbocycles. The molecular formula is C17H17ClN8O. The lowest BCUT2D eigenvalue weighted by atomic mass is 10.0. The molecule has 3 aromatic heterocycles. The number of nitrogens with two attached hydrogens (primary N) is 1. The quantitative estimate of drug-likeness (QED) is 0.545. The van der Waals surface area contributed by atoms with E-state index < -0.39 is 0 Å². The molecule has 3 N–H and O–H groups in total. The minimum absolute atomic E-state index is 0.101. The van der Waals surface area contributed by atoms with E-state index in [4.69, 9.17) is 17.3 Å². The molecule has 9 nitrogen and oxygen atoms in total. The van der Waals surface area contributed by atoms with Gasteiger partial charge in [0.2, 0.25) is 11.6 Å². The fourth-order valence-electron chi connectivity index (χ4n) is 3.86. The smallest absolute Gasteiger partial charge is 0.326 e. The summed E-state index contributed by atoms with van der Waals surface area (Å²) in [4.78, 5) is 22.0. The molecule has 4 heterocycles. The zero-order valence-electron chi connectivity index (χ0n) is 14.3. The van der Waals surface area contributed by atoms with E-state index in [0.717, 1.165) is 42.8 Å². The fourth-order valence-corrected chi connectivity index (χ4v) is 4.03. The number of rotatable bonds is 2. The van der Waals surface area contributed by atoms with Gasteiger partial charge < -0.3 is 15.6 Å². The Hall–Kier alpha value is -3.07. The van der Waals surface area contributed by atoms with Crippen LogP contribution in [-0.2, 0) is 0 Å². The van der Waals surface area contributed by atoms with E-state index >= 15 is 0 Å². The summed E-state index contributed by atoms with van der Waals surface area (Å²) in [5.41, 5.74) is 8.02. The number of aromatic nitrogens is 6. The normalized spacial score (nSPS) is 15.8. The summed E-state index contributed by atoms with van der Waals surface area (Å²) in [6.07, 6.45) is 5.09. The zero-order valence-corrected chi connectivity index (χ0v) is 15.1. The van der Waals surface area contributed by atoms with Gasteiger partial charge in [-0.05, 0) is 31.0 Å².